The molecule has 1 amide bonds. The lowest BCUT2D eigenvalue weighted by molar-refractivity contribution is 0.0948. The fourth-order valence-electron chi connectivity index (χ4n) is 1.99. The summed E-state index contributed by atoms with van der Waals surface area (Å²) in [4.78, 5) is 11.9. The van der Waals surface area contributed by atoms with Gasteiger partial charge in [0.2, 0.25) is 0 Å². The van der Waals surface area contributed by atoms with Gasteiger partial charge in [-0.05, 0) is 37.6 Å². The molecule has 2 aromatic rings. The minimum atomic E-state index is -0.923. The first kappa shape index (κ1) is 15.2. The normalized spacial score (nSPS) is 10.7. The Bertz CT molecular complexity index is 652. The van der Waals surface area contributed by atoms with Crippen molar-refractivity contribution in [1.29, 1.82) is 0 Å². The van der Waals surface area contributed by atoms with E-state index in [2.05, 4.69) is 10.4 Å². The molecule has 0 saturated carbocycles. The van der Waals surface area contributed by atoms with Crippen molar-refractivity contribution in [1.82, 2.24) is 15.1 Å². The molecule has 0 unspecified atom stereocenters. The van der Waals surface area contributed by atoms with Crippen LogP contribution in [0.15, 0.2) is 24.3 Å². The summed E-state index contributed by atoms with van der Waals surface area (Å²) in [6.45, 7) is 4.91. The minimum Gasteiger partial charge on any atom is -0.351 e. The third kappa shape index (κ3) is 3.26. The molecule has 1 aromatic carbocycles. The average molecular weight is 293 g/mol. The van der Waals surface area contributed by atoms with E-state index in [1.807, 2.05) is 13.8 Å². The van der Waals surface area contributed by atoms with E-state index in [1.165, 1.54) is 6.07 Å². The monoisotopic (exact) mass is 293 g/mol. The Morgan fingerprint density at radius 3 is 2.62 bits per heavy atom. The van der Waals surface area contributed by atoms with Crippen LogP contribution in [0.3, 0.4) is 0 Å². The topological polar surface area (TPSA) is 46.9 Å². The molecule has 1 aromatic heterocycles. The number of halogens is 2. The molecule has 0 radical (unpaired) electrons. The van der Waals surface area contributed by atoms with Gasteiger partial charge in [0.25, 0.3) is 5.91 Å². The van der Waals surface area contributed by atoms with Crippen molar-refractivity contribution in [2.75, 3.05) is 6.54 Å². The fourth-order valence-corrected chi connectivity index (χ4v) is 1.99. The molecule has 1 heterocycles. The summed E-state index contributed by atoms with van der Waals surface area (Å²) in [7, 11) is 0. The Hall–Kier alpha value is -2.24. The van der Waals surface area contributed by atoms with Crippen molar-refractivity contribution in [2.45, 2.75) is 26.8 Å². The number of aryl methyl sites for hydroxylation is 1. The number of carbonyl (C=O) groups excluding carboxylic acids is 1. The lowest BCUT2D eigenvalue weighted by Crippen LogP contribution is -2.24. The Morgan fingerprint density at radius 1 is 1.24 bits per heavy atom. The smallest absolute Gasteiger partial charge is 0.271 e. The lowest BCUT2D eigenvalue weighted by Gasteiger charge is -2.04. The molecule has 0 fully saturated rings. The van der Waals surface area contributed by atoms with Crippen LogP contribution in [0.1, 0.15) is 30.8 Å². The molecule has 0 spiro atoms. The number of hydrogen-bond donors (Lipinski definition) is 1. The van der Waals surface area contributed by atoms with Crippen molar-refractivity contribution in [3.05, 3.63) is 41.6 Å². The molecule has 0 aliphatic carbocycles. The van der Waals surface area contributed by atoms with Crippen molar-refractivity contribution >= 4 is 5.91 Å². The van der Waals surface area contributed by atoms with Gasteiger partial charge in [-0.2, -0.15) is 5.10 Å². The summed E-state index contributed by atoms with van der Waals surface area (Å²) < 4.78 is 27.9. The number of nitrogens with one attached hydrogen (secondary N) is 1. The van der Waals surface area contributed by atoms with Gasteiger partial charge in [0.05, 0.1) is 5.69 Å². The Morgan fingerprint density at radius 2 is 2.00 bits per heavy atom. The van der Waals surface area contributed by atoms with E-state index in [1.54, 1.807) is 10.7 Å². The number of amides is 1. The van der Waals surface area contributed by atoms with Crippen LogP contribution in [-0.2, 0) is 6.54 Å². The first-order valence-electron chi connectivity index (χ1n) is 6.88. The molecule has 1 N–H and O–H groups in total. The Balaban J connectivity index is 2.37. The highest BCUT2D eigenvalue weighted by Gasteiger charge is 2.15. The number of carbonyl (C=O) groups is 1. The molecule has 0 atom stereocenters. The number of aromatic nitrogens is 2. The van der Waals surface area contributed by atoms with Crippen molar-refractivity contribution in [3.8, 4) is 11.3 Å². The van der Waals surface area contributed by atoms with Crippen LogP contribution in [-0.4, -0.2) is 22.2 Å². The third-order valence-corrected chi connectivity index (χ3v) is 3.06. The molecule has 0 aliphatic heterocycles. The van der Waals surface area contributed by atoms with Crippen molar-refractivity contribution in [3.63, 3.8) is 0 Å². The summed E-state index contributed by atoms with van der Waals surface area (Å²) in [5.41, 5.74) is 1.33. The molecule has 0 aliphatic rings. The molecule has 4 nitrogen and oxygen atoms in total. The van der Waals surface area contributed by atoms with Crippen LogP contribution in [0.2, 0.25) is 0 Å². The molecule has 6 heteroatoms. The van der Waals surface area contributed by atoms with E-state index in [-0.39, 0.29) is 11.6 Å². The summed E-state index contributed by atoms with van der Waals surface area (Å²) in [6, 6.07) is 5.22. The molecule has 2 rings (SSSR count). The van der Waals surface area contributed by atoms with Crippen LogP contribution in [0.4, 0.5) is 8.78 Å². The molecular weight excluding hydrogens is 276 g/mol. The third-order valence-electron chi connectivity index (χ3n) is 3.06. The van der Waals surface area contributed by atoms with Crippen LogP contribution < -0.4 is 5.32 Å². The largest absolute Gasteiger partial charge is 0.351 e. The van der Waals surface area contributed by atoms with Crippen LogP contribution in [0.25, 0.3) is 11.3 Å². The molecule has 112 valence electrons. The van der Waals surface area contributed by atoms with Gasteiger partial charge < -0.3 is 5.32 Å². The number of nitrogens with zero attached hydrogens (tertiary/aromatic N) is 2. The highest BCUT2D eigenvalue weighted by Crippen LogP contribution is 2.22. The van der Waals surface area contributed by atoms with Gasteiger partial charge in [0.1, 0.15) is 0 Å². The van der Waals surface area contributed by atoms with Gasteiger partial charge in [-0.25, -0.2) is 8.78 Å². The van der Waals surface area contributed by atoms with E-state index >= 15 is 0 Å². The van der Waals surface area contributed by atoms with Gasteiger partial charge in [-0.1, -0.05) is 6.92 Å². The lowest BCUT2D eigenvalue weighted by atomic mass is 10.1. The van der Waals surface area contributed by atoms with E-state index < -0.39 is 11.6 Å². The summed E-state index contributed by atoms with van der Waals surface area (Å²) >= 11 is 0. The minimum absolute atomic E-state index is 0.269. The second kappa shape index (κ2) is 6.47. The summed E-state index contributed by atoms with van der Waals surface area (Å²) in [5, 5.41) is 6.93. The maximum absolute atomic E-state index is 13.3. The maximum Gasteiger partial charge on any atom is 0.271 e. The average Bonchev–Trinajstić information content (AvgIpc) is 2.92. The van der Waals surface area contributed by atoms with Gasteiger partial charge >= 0.3 is 0 Å². The molecular formula is C15H17F2N3O. The van der Waals surface area contributed by atoms with Gasteiger partial charge in [0.15, 0.2) is 17.3 Å². The number of benzene rings is 1. The summed E-state index contributed by atoms with van der Waals surface area (Å²) in [5.74, 6) is -2.09. The number of rotatable bonds is 5. The molecule has 0 saturated heterocycles. The first-order valence-corrected chi connectivity index (χ1v) is 6.88. The second-order valence-corrected chi connectivity index (χ2v) is 4.62. The molecule has 0 bridgehead atoms. The maximum atomic E-state index is 13.3. The predicted molar refractivity (Wildman–Crippen MR) is 75.9 cm³/mol. The van der Waals surface area contributed by atoms with Crippen molar-refractivity contribution < 1.29 is 13.6 Å². The first-order chi connectivity index (χ1) is 10.1. The SMILES string of the molecule is CCCNC(=O)c1cc(-c2ccc(F)c(F)c2)n(CC)n1. The molecule has 21 heavy (non-hydrogen) atoms. The van der Waals surface area contributed by atoms with Gasteiger partial charge in [-0.3, -0.25) is 9.48 Å². The highest BCUT2D eigenvalue weighted by molar-refractivity contribution is 5.93. The predicted octanol–water partition coefficient (Wildman–Crippen LogP) is 2.99. The van der Waals surface area contributed by atoms with Gasteiger partial charge in [-0.15, -0.1) is 0 Å². The van der Waals surface area contributed by atoms with E-state index in [4.69, 9.17) is 0 Å². The zero-order valence-corrected chi connectivity index (χ0v) is 12.0. The summed E-state index contributed by atoms with van der Waals surface area (Å²) in [6.07, 6.45) is 0.830. The highest BCUT2D eigenvalue weighted by atomic mass is 19.2. The van der Waals surface area contributed by atoms with Crippen LogP contribution >= 0.6 is 0 Å². The Labute approximate surface area is 121 Å². The van der Waals surface area contributed by atoms with Crippen LogP contribution in [0.5, 0.6) is 0 Å². The van der Waals surface area contributed by atoms with E-state index in [0.717, 1.165) is 18.6 Å². The van der Waals surface area contributed by atoms with E-state index in [9.17, 15) is 13.6 Å². The standard InChI is InChI=1S/C15H17F2N3O/c1-3-7-18-15(21)13-9-14(20(4-2)19-13)10-5-6-11(16)12(17)8-10/h5-6,8-9H,3-4,7H2,1-2H3,(H,18,21). The fraction of sp³-hybridized carbons (Fsp3) is 0.333. The zero-order valence-electron chi connectivity index (χ0n) is 12.0. The zero-order chi connectivity index (χ0) is 15.4. The Kier molecular flexibility index (Phi) is 4.67. The van der Waals surface area contributed by atoms with Gasteiger partial charge in [0, 0.05) is 18.7 Å². The second-order valence-electron chi connectivity index (χ2n) is 4.62. The van der Waals surface area contributed by atoms with E-state index in [0.29, 0.717) is 24.3 Å². The van der Waals surface area contributed by atoms with Crippen LogP contribution in [0, 0.1) is 11.6 Å². The quantitative estimate of drug-likeness (QED) is 0.921. The number of hydrogen-bond acceptors (Lipinski definition) is 2. The van der Waals surface area contributed by atoms with Crippen molar-refractivity contribution in [2.24, 2.45) is 0 Å².